The molecule has 0 N–H and O–H groups in total. The van der Waals surface area contributed by atoms with E-state index in [4.69, 9.17) is 5.26 Å². The molecule has 0 aliphatic heterocycles. The first-order valence-corrected chi connectivity index (χ1v) is 9.20. The van der Waals surface area contributed by atoms with Crippen molar-refractivity contribution >= 4 is 9.84 Å². The van der Waals surface area contributed by atoms with E-state index in [2.05, 4.69) is 17.9 Å². The van der Waals surface area contributed by atoms with E-state index in [9.17, 15) is 8.42 Å². The van der Waals surface area contributed by atoms with Gasteiger partial charge >= 0.3 is 0 Å². The molecule has 2 rings (SSSR count). The van der Waals surface area contributed by atoms with Gasteiger partial charge in [-0.2, -0.15) is 5.26 Å². The highest BCUT2D eigenvalue weighted by Crippen LogP contribution is 2.23. The summed E-state index contributed by atoms with van der Waals surface area (Å²) in [5.74, 6) is 0. The molecule has 0 spiro atoms. The molecule has 0 saturated heterocycles. The van der Waals surface area contributed by atoms with Crippen LogP contribution in [0.2, 0.25) is 0 Å². The maximum atomic E-state index is 11.5. The fourth-order valence-electron chi connectivity index (χ4n) is 2.42. The van der Waals surface area contributed by atoms with E-state index >= 15 is 0 Å². The van der Waals surface area contributed by atoms with Crippen LogP contribution in [0.15, 0.2) is 53.4 Å². The molecule has 2 aromatic carbocycles. The quantitative estimate of drug-likeness (QED) is 0.846. The van der Waals surface area contributed by atoms with Gasteiger partial charge in [0.15, 0.2) is 9.84 Å². The molecule has 1 atom stereocenters. The van der Waals surface area contributed by atoms with Gasteiger partial charge in [-0.1, -0.05) is 30.3 Å². The number of nitrogens with zero attached hydrogens (tertiary/aromatic N) is 2. The fraction of sp³-hybridized carbons (Fsp3) is 0.278. The van der Waals surface area contributed by atoms with Crippen molar-refractivity contribution in [1.82, 2.24) is 4.90 Å². The first-order chi connectivity index (χ1) is 10.8. The zero-order valence-corrected chi connectivity index (χ0v) is 14.3. The topological polar surface area (TPSA) is 61.2 Å². The van der Waals surface area contributed by atoms with Gasteiger partial charge in [0, 0.05) is 18.8 Å². The Balaban J connectivity index is 2.17. The third-order valence-corrected chi connectivity index (χ3v) is 5.14. The fourth-order valence-corrected chi connectivity index (χ4v) is 3.05. The van der Waals surface area contributed by atoms with Crippen LogP contribution in [0.25, 0.3) is 0 Å². The van der Waals surface area contributed by atoms with Gasteiger partial charge in [0.05, 0.1) is 16.5 Å². The molecule has 0 aromatic heterocycles. The van der Waals surface area contributed by atoms with Crippen molar-refractivity contribution in [1.29, 1.82) is 5.26 Å². The average Bonchev–Trinajstić information content (AvgIpc) is 2.54. The van der Waals surface area contributed by atoms with Gasteiger partial charge in [-0.15, -0.1) is 0 Å². The second-order valence-electron chi connectivity index (χ2n) is 5.70. The van der Waals surface area contributed by atoms with E-state index < -0.39 is 9.84 Å². The second kappa shape index (κ2) is 6.95. The zero-order chi connectivity index (χ0) is 17.0. The predicted molar refractivity (Wildman–Crippen MR) is 90.6 cm³/mol. The highest BCUT2D eigenvalue weighted by Gasteiger charge is 2.15. The van der Waals surface area contributed by atoms with E-state index in [1.807, 2.05) is 43.4 Å². The van der Waals surface area contributed by atoms with E-state index in [-0.39, 0.29) is 6.04 Å². The first kappa shape index (κ1) is 17.2. The summed E-state index contributed by atoms with van der Waals surface area (Å²) in [5.41, 5.74) is 2.70. The van der Waals surface area contributed by atoms with E-state index in [0.29, 0.717) is 17.0 Å². The summed E-state index contributed by atoms with van der Waals surface area (Å²) in [6, 6.07) is 16.8. The standard InChI is InChI=1S/C18H20N2O2S/c1-14(15-8-10-18(11-9-15)23(3,21)22)20(2)13-17-7-5-4-6-16(17)12-19/h4-11,14H,13H2,1-3H3/t14-/m1/s1. The largest absolute Gasteiger partial charge is 0.295 e. The van der Waals surface area contributed by atoms with Crippen molar-refractivity contribution in [3.8, 4) is 6.07 Å². The number of hydrogen-bond acceptors (Lipinski definition) is 4. The molecule has 0 amide bonds. The molecular formula is C18H20N2O2S. The summed E-state index contributed by atoms with van der Waals surface area (Å²) in [6.45, 7) is 2.71. The summed E-state index contributed by atoms with van der Waals surface area (Å²) in [4.78, 5) is 2.46. The molecule has 5 heteroatoms. The highest BCUT2D eigenvalue weighted by molar-refractivity contribution is 7.90. The van der Waals surface area contributed by atoms with Crippen LogP contribution >= 0.6 is 0 Å². The summed E-state index contributed by atoms with van der Waals surface area (Å²) in [7, 11) is -1.18. The van der Waals surface area contributed by atoms with Crippen LogP contribution in [0, 0.1) is 11.3 Å². The lowest BCUT2D eigenvalue weighted by Crippen LogP contribution is -2.22. The molecule has 0 unspecified atom stereocenters. The van der Waals surface area contributed by atoms with E-state index in [1.165, 1.54) is 6.26 Å². The molecule has 0 fully saturated rings. The monoisotopic (exact) mass is 328 g/mol. The Kier molecular flexibility index (Phi) is 5.19. The molecule has 0 heterocycles. The lowest BCUT2D eigenvalue weighted by atomic mass is 10.0. The minimum atomic E-state index is -3.17. The van der Waals surface area contributed by atoms with Gasteiger partial charge in [-0.05, 0) is 43.3 Å². The van der Waals surface area contributed by atoms with Crippen LogP contribution < -0.4 is 0 Å². The molecule has 0 bridgehead atoms. The van der Waals surface area contributed by atoms with Crippen LogP contribution in [0.4, 0.5) is 0 Å². The zero-order valence-electron chi connectivity index (χ0n) is 13.5. The average molecular weight is 328 g/mol. The Labute approximate surface area is 137 Å². The van der Waals surface area contributed by atoms with Crippen LogP contribution in [-0.2, 0) is 16.4 Å². The normalized spacial score (nSPS) is 12.8. The van der Waals surface area contributed by atoms with Crippen LogP contribution in [0.1, 0.15) is 29.7 Å². The third kappa shape index (κ3) is 4.19. The van der Waals surface area contributed by atoms with Gasteiger partial charge in [-0.25, -0.2) is 8.42 Å². The van der Waals surface area contributed by atoms with E-state index in [0.717, 1.165) is 11.1 Å². The molecule has 120 valence electrons. The van der Waals surface area contributed by atoms with Gasteiger partial charge in [0.1, 0.15) is 0 Å². The minimum absolute atomic E-state index is 0.107. The van der Waals surface area contributed by atoms with Crippen molar-refractivity contribution in [2.24, 2.45) is 0 Å². The first-order valence-electron chi connectivity index (χ1n) is 7.31. The summed E-state index contributed by atoms with van der Waals surface area (Å²) in [6.07, 6.45) is 1.20. The van der Waals surface area contributed by atoms with Crippen LogP contribution in [0.3, 0.4) is 0 Å². The van der Waals surface area contributed by atoms with Gasteiger partial charge in [0.2, 0.25) is 0 Å². The number of benzene rings is 2. The lowest BCUT2D eigenvalue weighted by molar-refractivity contribution is 0.253. The Hall–Kier alpha value is -2.16. The smallest absolute Gasteiger partial charge is 0.175 e. The van der Waals surface area contributed by atoms with Crippen molar-refractivity contribution in [3.63, 3.8) is 0 Å². The molecule has 0 radical (unpaired) electrons. The molecular weight excluding hydrogens is 308 g/mol. The Morgan fingerprint density at radius 1 is 1.13 bits per heavy atom. The summed E-state index contributed by atoms with van der Waals surface area (Å²) < 4.78 is 23.0. The molecule has 4 nitrogen and oxygen atoms in total. The number of sulfone groups is 1. The van der Waals surface area contributed by atoms with Crippen molar-refractivity contribution in [3.05, 3.63) is 65.2 Å². The maximum Gasteiger partial charge on any atom is 0.175 e. The van der Waals surface area contributed by atoms with Crippen molar-refractivity contribution < 1.29 is 8.42 Å². The maximum absolute atomic E-state index is 11.5. The Morgan fingerprint density at radius 3 is 2.30 bits per heavy atom. The molecule has 0 saturated carbocycles. The lowest BCUT2D eigenvalue weighted by Gasteiger charge is -2.25. The minimum Gasteiger partial charge on any atom is -0.295 e. The van der Waals surface area contributed by atoms with E-state index in [1.54, 1.807) is 12.1 Å². The van der Waals surface area contributed by atoms with Gasteiger partial charge < -0.3 is 0 Å². The highest BCUT2D eigenvalue weighted by atomic mass is 32.2. The van der Waals surface area contributed by atoms with Crippen LogP contribution in [-0.4, -0.2) is 26.6 Å². The summed E-state index contributed by atoms with van der Waals surface area (Å²) >= 11 is 0. The van der Waals surface area contributed by atoms with Crippen molar-refractivity contribution in [2.45, 2.75) is 24.4 Å². The number of hydrogen-bond donors (Lipinski definition) is 0. The van der Waals surface area contributed by atoms with Crippen LogP contribution in [0.5, 0.6) is 0 Å². The predicted octanol–water partition coefficient (Wildman–Crippen LogP) is 3.15. The SMILES string of the molecule is C[C@H](c1ccc(S(C)(=O)=O)cc1)N(C)Cc1ccccc1C#N. The number of rotatable bonds is 5. The number of nitriles is 1. The summed E-state index contributed by atoms with van der Waals surface area (Å²) in [5, 5.41) is 9.17. The molecule has 23 heavy (non-hydrogen) atoms. The molecule has 2 aromatic rings. The Bertz CT molecular complexity index is 821. The third-order valence-electron chi connectivity index (χ3n) is 4.01. The molecule has 0 aliphatic carbocycles. The van der Waals surface area contributed by atoms with Gasteiger partial charge in [-0.3, -0.25) is 4.90 Å². The Morgan fingerprint density at radius 2 is 1.74 bits per heavy atom. The second-order valence-corrected chi connectivity index (χ2v) is 7.72. The molecule has 0 aliphatic rings. The van der Waals surface area contributed by atoms with Crippen molar-refractivity contribution in [2.75, 3.05) is 13.3 Å². The van der Waals surface area contributed by atoms with Gasteiger partial charge in [0.25, 0.3) is 0 Å².